The van der Waals surface area contributed by atoms with E-state index in [4.69, 9.17) is 9.97 Å². The Balaban J connectivity index is 1.74. The molecule has 96 valence electrons. The molecule has 4 rings (SSSR count). The van der Waals surface area contributed by atoms with Gasteiger partial charge in [-0.3, -0.25) is 0 Å². The first-order chi connectivity index (χ1) is 8.92. The zero-order valence-electron chi connectivity index (χ0n) is 10.7. The maximum Gasteiger partial charge on any atom is 0.135 e. The van der Waals surface area contributed by atoms with Gasteiger partial charge in [-0.05, 0) is 32.1 Å². The van der Waals surface area contributed by atoms with E-state index in [0.29, 0.717) is 5.92 Å². The molecule has 1 saturated heterocycles. The molecule has 0 amide bonds. The zero-order valence-corrected chi connectivity index (χ0v) is 11.5. The van der Waals surface area contributed by atoms with Crippen molar-refractivity contribution in [2.75, 3.05) is 29.5 Å². The molecule has 3 aliphatic rings. The fourth-order valence-corrected chi connectivity index (χ4v) is 3.90. The smallest absolute Gasteiger partial charge is 0.135 e. The number of aryl methyl sites for hydroxylation is 1. The molecule has 0 radical (unpaired) electrons. The summed E-state index contributed by atoms with van der Waals surface area (Å²) in [5, 5.41) is 0. The first-order valence-corrected chi connectivity index (χ1v) is 8.29. The second-order valence-electron chi connectivity index (χ2n) is 5.56. The van der Waals surface area contributed by atoms with Gasteiger partial charge in [-0.25, -0.2) is 9.97 Å². The van der Waals surface area contributed by atoms with Crippen LogP contribution in [0.15, 0.2) is 0 Å². The summed E-state index contributed by atoms with van der Waals surface area (Å²) in [6.07, 6.45) is 6.24. The van der Waals surface area contributed by atoms with Crippen LogP contribution in [0, 0.1) is 0 Å². The number of rotatable bonds is 2. The first-order valence-electron chi connectivity index (χ1n) is 7.14. The lowest BCUT2D eigenvalue weighted by Gasteiger charge is -2.29. The lowest BCUT2D eigenvalue weighted by atomic mass is 10.2. The third-order valence-corrected chi connectivity index (χ3v) is 5.12. The fourth-order valence-electron chi connectivity index (χ4n) is 2.99. The second kappa shape index (κ2) is 4.41. The summed E-state index contributed by atoms with van der Waals surface area (Å²) >= 11 is 2.06. The number of anilines is 1. The van der Waals surface area contributed by atoms with Crippen LogP contribution in [0.1, 0.15) is 42.3 Å². The van der Waals surface area contributed by atoms with Crippen LogP contribution in [-0.2, 0) is 12.8 Å². The Bertz CT molecular complexity index is 464. The Morgan fingerprint density at radius 2 is 1.89 bits per heavy atom. The summed E-state index contributed by atoms with van der Waals surface area (Å²) in [5.74, 6) is 5.60. The maximum absolute atomic E-state index is 4.94. The van der Waals surface area contributed by atoms with Crippen LogP contribution in [-0.4, -0.2) is 34.6 Å². The molecule has 4 heteroatoms. The van der Waals surface area contributed by atoms with Gasteiger partial charge in [0.05, 0.1) is 0 Å². The summed E-state index contributed by atoms with van der Waals surface area (Å²) in [7, 11) is 0. The van der Waals surface area contributed by atoms with E-state index in [1.165, 1.54) is 60.7 Å². The van der Waals surface area contributed by atoms with Crippen LogP contribution in [0.25, 0.3) is 0 Å². The minimum absolute atomic E-state index is 0.675. The summed E-state index contributed by atoms with van der Waals surface area (Å²) < 4.78 is 0. The standard InChI is InChI=1S/C14H19N3S/c1-2-11-12(3-1)15-13(10-4-5-10)16-14(11)17-6-8-18-9-7-17/h10H,1-9H2. The van der Waals surface area contributed by atoms with Gasteiger partial charge in [0.15, 0.2) is 0 Å². The molecule has 1 aromatic heterocycles. The monoisotopic (exact) mass is 261 g/mol. The molecule has 2 fully saturated rings. The molecule has 1 saturated carbocycles. The minimum atomic E-state index is 0.675. The minimum Gasteiger partial charge on any atom is -0.355 e. The van der Waals surface area contributed by atoms with Gasteiger partial charge in [-0.1, -0.05) is 0 Å². The number of aromatic nitrogens is 2. The Morgan fingerprint density at radius 1 is 1.06 bits per heavy atom. The highest BCUT2D eigenvalue weighted by atomic mass is 32.2. The number of thioether (sulfide) groups is 1. The van der Waals surface area contributed by atoms with Crippen molar-refractivity contribution < 1.29 is 0 Å². The van der Waals surface area contributed by atoms with Crippen molar-refractivity contribution in [3.8, 4) is 0 Å². The normalized spacial score (nSPS) is 23.2. The first kappa shape index (κ1) is 11.1. The molecular formula is C14H19N3S. The number of hydrogen-bond acceptors (Lipinski definition) is 4. The molecule has 0 unspecified atom stereocenters. The van der Waals surface area contributed by atoms with Gasteiger partial charge in [0.2, 0.25) is 0 Å². The molecule has 0 N–H and O–H groups in total. The summed E-state index contributed by atoms with van der Waals surface area (Å²) in [5.41, 5.74) is 2.83. The highest BCUT2D eigenvalue weighted by Gasteiger charge is 2.31. The van der Waals surface area contributed by atoms with Crippen LogP contribution in [0.4, 0.5) is 5.82 Å². The quantitative estimate of drug-likeness (QED) is 0.817. The van der Waals surface area contributed by atoms with Crippen LogP contribution < -0.4 is 4.90 Å². The number of nitrogens with zero attached hydrogens (tertiary/aromatic N) is 3. The third kappa shape index (κ3) is 1.91. The van der Waals surface area contributed by atoms with Gasteiger partial charge in [-0.15, -0.1) is 0 Å². The van der Waals surface area contributed by atoms with Gasteiger partial charge in [0.25, 0.3) is 0 Å². The molecule has 0 aromatic carbocycles. The van der Waals surface area contributed by atoms with E-state index in [2.05, 4.69) is 16.7 Å². The van der Waals surface area contributed by atoms with E-state index in [9.17, 15) is 0 Å². The molecule has 3 nitrogen and oxygen atoms in total. The van der Waals surface area contributed by atoms with Crippen LogP contribution in [0.3, 0.4) is 0 Å². The lowest BCUT2D eigenvalue weighted by molar-refractivity contribution is 0.800. The third-order valence-electron chi connectivity index (χ3n) is 4.18. The number of fused-ring (bicyclic) bond motifs is 1. The predicted molar refractivity (Wildman–Crippen MR) is 75.6 cm³/mol. The molecule has 2 aliphatic carbocycles. The molecule has 18 heavy (non-hydrogen) atoms. The molecule has 2 heterocycles. The summed E-state index contributed by atoms with van der Waals surface area (Å²) in [6, 6.07) is 0. The van der Waals surface area contributed by atoms with E-state index in [1.54, 1.807) is 0 Å². The van der Waals surface area contributed by atoms with Crippen molar-refractivity contribution in [1.82, 2.24) is 9.97 Å². The number of hydrogen-bond donors (Lipinski definition) is 0. The lowest BCUT2D eigenvalue weighted by Crippen LogP contribution is -2.34. The molecule has 1 aliphatic heterocycles. The Kier molecular flexibility index (Phi) is 2.71. The van der Waals surface area contributed by atoms with Crippen molar-refractivity contribution in [3.05, 3.63) is 17.1 Å². The van der Waals surface area contributed by atoms with E-state index in [1.807, 2.05) is 0 Å². The van der Waals surface area contributed by atoms with Gasteiger partial charge in [-0.2, -0.15) is 11.8 Å². The Hall–Kier alpha value is -0.770. The van der Waals surface area contributed by atoms with Crippen molar-refractivity contribution in [1.29, 1.82) is 0 Å². The molecular weight excluding hydrogens is 242 g/mol. The van der Waals surface area contributed by atoms with E-state index in [0.717, 1.165) is 18.9 Å². The van der Waals surface area contributed by atoms with Crippen molar-refractivity contribution in [3.63, 3.8) is 0 Å². The van der Waals surface area contributed by atoms with Gasteiger partial charge in [0, 0.05) is 41.8 Å². The van der Waals surface area contributed by atoms with Gasteiger partial charge >= 0.3 is 0 Å². The molecule has 0 atom stereocenters. The topological polar surface area (TPSA) is 29.0 Å². The van der Waals surface area contributed by atoms with Gasteiger partial charge < -0.3 is 4.90 Å². The van der Waals surface area contributed by atoms with Gasteiger partial charge in [0.1, 0.15) is 11.6 Å². The fraction of sp³-hybridized carbons (Fsp3) is 0.714. The van der Waals surface area contributed by atoms with E-state index in [-0.39, 0.29) is 0 Å². The van der Waals surface area contributed by atoms with Crippen molar-refractivity contribution in [2.24, 2.45) is 0 Å². The Labute approximate surface area is 112 Å². The Morgan fingerprint density at radius 3 is 2.67 bits per heavy atom. The van der Waals surface area contributed by atoms with Crippen LogP contribution >= 0.6 is 11.8 Å². The highest BCUT2D eigenvalue weighted by Crippen LogP contribution is 2.40. The molecule has 1 aromatic rings. The molecule has 0 bridgehead atoms. The average Bonchev–Trinajstić information content (AvgIpc) is 3.17. The maximum atomic E-state index is 4.94. The van der Waals surface area contributed by atoms with Crippen molar-refractivity contribution >= 4 is 17.6 Å². The summed E-state index contributed by atoms with van der Waals surface area (Å²) in [4.78, 5) is 12.3. The largest absolute Gasteiger partial charge is 0.355 e. The SMILES string of the molecule is C1Cc2nc(C3CC3)nc(N3CCSCC3)c2C1. The molecule has 0 spiro atoms. The van der Waals surface area contributed by atoms with Crippen LogP contribution in [0.5, 0.6) is 0 Å². The zero-order chi connectivity index (χ0) is 11.9. The predicted octanol–water partition coefficient (Wildman–Crippen LogP) is 2.40. The average molecular weight is 261 g/mol. The van der Waals surface area contributed by atoms with Crippen molar-refractivity contribution in [2.45, 2.75) is 38.0 Å². The highest BCUT2D eigenvalue weighted by molar-refractivity contribution is 7.99. The summed E-state index contributed by atoms with van der Waals surface area (Å²) in [6.45, 7) is 2.33. The second-order valence-corrected chi connectivity index (χ2v) is 6.78. The van der Waals surface area contributed by atoms with E-state index < -0.39 is 0 Å². The van der Waals surface area contributed by atoms with E-state index >= 15 is 0 Å². The van der Waals surface area contributed by atoms with Crippen LogP contribution in [0.2, 0.25) is 0 Å².